The van der Waals surface area contributed by atoms with E-state index in [9.17, 15) is 17.6 Å². The predicted molar refractivity (Wildman–Crippen MR) is 98.7 cm³/mol. The van der Waals surface area contributed by atoms with Gasteiger partial charge < -0.3 is 5.32 Å². The fourth-order valence-corrected chi connectivity index (χ4v) is 3.76. The summed E-state index contributed by atoms with van der Waals surface area (Å²) in [5, 5.41) is 2.91. The van der Waals surface area contributed by atoms with Crippen LogP contribution >= 0.6 is 0 Å². The molecule has 1 aliphatic rings. The smallest absolute Gasteiger partial charge is 0.229 e. The Balaban J connectivity index is 1.69. The van der Waals surface area contributed by atoms with Crippen molar-refractivity contribution in [1.29, 1.82) is 0 Å². The van der Waals surface area contributed by atoms with Crippen LogP contribution in [0.5, 0.6) is 0 Å². The largest absolute Gasteiger partial charge is 0.349 e. The van der Waals surface area contributed by atoms with Crippen LogP contribution in [0.3, 0.4) is 0 Å². The lowest BCUT2D eigenvalue weighted by Gasteiger charge is -2.18. The summed E-state index contributed by atoms with van der Waals surface area (Å²) in [6.07, 6.45) is 1.69. The summed E-state index contributed by atoms with van der Waals surface area (Å²) in [5.41, 5.74) is 1.68. The average molecular weight is 376 g/mol. The van der Waals surface area contributed by atoms with Gasteiger partial charge in [0.15, 0.2) is 0 Å². The van der Waals surface area contributed by atoms with Crippen LogP contribution in [-0.2, 0) is 14.8 Å². The maximum atomic E-state index is 13.9. The molecule has 0 aliphatic heterocycles. The summed E-state index contributed by atoms with van der Waals surface area (Å²) >= 11 is 0. The topological polar surface area (TPSA) is 75.3 Å². The number of rotatable bonds is 6. The molecule has 0 spiro atoms. The van der Waals surface area contributed by atoms with E-state index in [2.05, 4.69) is 10.0 Å². The van der Waals surface area contributed by atoms with Crippen molar-refractivity contribution in [3.05, 3.63) is 65.5 Å². The second-order valence-corrected chi connectivity index (χ2v) is 8.41. The number of amides is 1. The van der Waals surface area contributed by atoms with Gasteiger partial charge >= 0.3 is 0 Å². The van der Waals surface area contributed by atoms with Crippen molar-refractivity contribution >= 4 is 21.6 Å². The van der Waals surface area contributed by atoms with Crippen molar-refractivity contribution in [3.63, 3.8) is 0 Å². The summed E-state index contributed by atoms with van der Waals surface area (Å²) in [5.74, 6) is -0.805. The minimum absolute atomic E-state index is 0.104. The van der Waals surface area contributed by atoms with E-state index in [1.807, 2.05) is 0 Å². The molecule has 3 unspecified atom stereocenters. The normalized spacial score (nSPS) is 20.3. The van der Waals surface area contributed by atoms with E-state index in [0.29, 0.717) is 23.2 Å². The first kappa shape index (κ1) is 18.4. The van der Waals surface area contributed by atoms with E-state index in [-0.39, 0.29) is 29.6 Å². The quantitative estimate of drug-likeness (QED) is 0.813. The molecule has 3 rings (SSSR count). The summed E-state index contributed by atoms with van der Waals surface area (Å²) < 4.78 is 39.3. The molecule has 0 bridgehead atoms. The highest BCUT2D eigenvalue weighted by atomic mass is 32.2. The van der Waals surface area contributed by atoms with Gasteiger partial charge in [0.1, 0.15) is 5.82 Å². The fourth-order valence-electron chi connectivity index (χ4n) is 3.17. The zero-order valence-electron chi connectivity index (χ0n) is 14.6. The zero-order valence-corrected chi connectivity index (χ0v) is 15.4. The van der Waals surface area contributed by atoms with Gasteiger partial charge in [0.2, 0.25) is 15.9 Å². The van der Waals surface area contributed by atoms with Crippen LogP contribution in [0.1, 0.15) is 36.4 Å². The van der Waals surface area contributed by atoms with Crippen molar-refractivity contribution in [1.82, 2.24) is 5.32 Å². The van der Waals surface area contributed by atoms with Gasteiger partial charge in [-0.15, -0.1) is 0 Å². The number of carbonyl (C=O) groups is 1. The highest BCUT2D eigenvalue weighted by molar-refractivity contribution is 7.92. The fraction of sp³-hybridized carbons (Fsp3) is 0.316. The molecule has 2 aromatic carbocycles. The van der Waals surface area contributed by atoms with Crippen LogP contribution in [-0.4, -0.2) is 20.6 Å². The van der Waals surface area contributed by atoms with Gasteiger partial charge in [-0.2, -0.15) is 0 Å². The number of nitrogens with one attached hydrogen (secondary N) is 2. The van der Waals surface area contributed by atoms with E-state index in [1.54, 1.807) is 49.4 Å². The Hall–Kier alpha value is -2.41. The van der Waals surface area contributed by atoms with Crippen molar-refractivity contribution in [2.75, 3.05) is 11.0 Å². The Labute approximate surface area is 152 Å². The predicted octanol–water partition coefficient (Wildman–Crippen LogP) is 3.18. The maximum Gasteiger partial charge on any atom is 0.229 e. The van der Waals surface area contributed by atoms with Crippen LogP contribution in [0, 0.1) is 11.7 Å². The Bertz CT molecular complexity index is 930. The number of halogens is 1. The van der Waals surface area contributed by atoms with E-state index in [0.717, 1.165) is 6.26 Å². The number of carbonyl (C=O) groups excluding carboxylic acids is 1. The highest BCUT2D eigenvalue weighted by Crippen LogP contribution is 2.48. The number of para-hydroxylation sites is 1. The summed E-state index contributed by atoms with van der Waals surface area (Å²) in [6.45, 7) is 1.79. The minimum Gasteiger partial charge on any atom is -0.349 e. The molecule has 0 saturated heterocycles. The number of anilines is 1. The Kier molecular flexibility index (Phi) is 5.00. The highest BCUT2D eigenvalue weighted by Gasteiger charge is 2.45. The first-order valence-corrected chi connectivity index (χ1v) is 10.3. The molecule has 1 saturated carbocycles. The zero-order chi connectivity index (χ0) is 18.9. The van der Waals surface area contributed by atoms with Crippen LogP contribution in [0.25, 0.3) is 0 Å². The molecular weight excluding hydrogens is 355 g/mol. The van der Waals surface area contributed by atoms with E-state index >= 15 is 0 Å². The molecule has 1 fully saturated rings. The molecule has 7 heteroatoms. The van der Waals surface area contributed by atoms with Crippen LogP contribution in [0.4, 0.5) is 10.1 Å². The van der Waals surface area contributed by atoms with Crippen molar-refractivity contribution in [2.45, 2.75) is 25.3 Å². The van der Waals surface area contributed by atoms with Gasteiger partial charge in [0.05, 0.1) is 18.0 Å². The molecule has 0 aromatic heterocycles. The number of hydrogen-bond donors (Lipinski definition) is 2. The van der Waals surface area contributed by atoms with Gasteiger partial charge in [-0.05, 0) is 42.5 Å². The maximum absolute atomic E-state index is 13.9. The van der Waals surface area contributed by atoms with Crippen LogP contribution in [0.15, 0.2) is 48.5 Å². The third-order valence-corrected chi connectivity index (χ3v) is 5.10. The first-order valence-electron chi connectivity index (χ1n) is 8.38. The summed E-state index contributed by atoms with van der Waals surface area (Å²) in [6, 6.07) is 13.0. The molecule has 1 amide bonds. The van der Waals surface area contributed by atoms with Crippen molar-refractivity contribution in [3.8, 4) is 0 Å². The molecule has 3 atom stereocenters. The number of benzene rings is 2. The molecular formula is C19H21FN2O3S. The molecule has 5 nitrogen and oxygen atoms in total. The molecule has 26 heavy (non-hydrogen) atoms. The van der Waals surface area contributed by atoms with Crippen LogP contribution < -0.4 is 10.0 Å². The third-order valence-electron chi connectivity index (χ3n) is 4.51. The third kappa shape index (κ3) is 4.22. The molecule has 1 aliphatic carbocycles. The minimum atomic E-state index is -3.42. The second kappa shape index (κ2) is 7.07. The molecule has 0 heterocycles. The van der Waals surface area contributed by atoms with Crippen LogP contribution in [0.2, 0.25) is 0 Å². The Morgan fingerprint density at radius 3 is 2.50 bits per heavy atom. The molecule has 2 aromatic rings. The van der Waals surface area contributed by atoms with Gasteiger partial charge in [-0.25, -0.2) is 12.8 Å². The van der Waals surface area contributed by atoms with Crippen molar-refractivity contribution < 1.29 is 17.6 Å². The number of hydrogen-bond acceptors (Lipinski definition) is 3. The van der Waals surface area contributed by atoms with E-state index in [1.165, 1.54) is 6.07 Å². The monoisotopic (exact) mass is 376 g/mol. The molecule has 138 valence electrons. The van der Waals surface area contributed by atoms with Gasteiger partial charge in [0.25, 0.3) is 0 Å². The van der Waals surface area contributed by atoms with Gasteiger partial charge in [-0.3, -0.25) is 9.52 Å². The lowest BCUT2D eigenvalue weighted by molar-refractivity contribution is -0.123. The van der Waals surface area contributed by atoms with E-state index < -0.39 is 10.0 Å². The lowest BCUT2D eigenvalue weighted by atomic mass is 10.1. The SMILES string of the molecule is CC(NC(=O)C1CC1c1ccccc1F)c1ccccc1NS(C)(=O)=O. The molecule has 2 N–H and O–H groups in total. The second-order valence-electron chi connectivity index (χ2n) is 6.66. The molecule has 0 radical (unpaired) electrons. The van der Waals surface area contributed by atoms with Gasteiger partial charge in [-0.1, -0.05) is 36.4 Å². The van der Waals surface area contributed by atoms with Crippen molar-refractivity contribution in [2.24, 2.45) is 5.92 Å². The summed E-state index contributed by atoms with van der Waals surface area (Å²) in [7, 11) is -3.42. The summed E-state index contributed by atoms with van der Waals surface area (Å²) in [4.78, 5) is 12.5. The van der Waals surface area contributed by atoms with Gasteiger partial charge in [0, 0.05) is 5.92 Å². The Morgan fingerprint density at radius 2 is 1.81 bits per heavy atom. The average Bonchev–Trinajstić information content (AvgIpc) is 3.34. The number of sulfonamides is 1. The standard InChI is InChI=1S/C19H21FN2O3S/c1-12(13-7-4-6-10-18(13)22-26(2,24)25)21-19(23)16-11-15(16)14-8-3-5-9-17(14)20/h3-10,12,15-16,22H,11H2,1-2H3,(H,21,23). The lowest BCUT2D eigenvalue weighted by Crippen LogP contribution is -2.29. The Morgan fingerprint density at radius 1 is 1.15 bits per heavy atom. The first-order chi connectivity index (χ1) is 12.3. The van der Waals surface area contributed by atoms with E-state index in [4.69, 9.17) is 0 Å².